The van der Waals surface area contributed by atoms with Gasteiger partial charge >= 0.3 is 5.97 Å². The molecule has 1 aliphatic carbocycles. The molecule has 9 nitrogen and oxygen atoms in total. The van der Waals surface area contributed by atoms with Crippen LogP contribution in [0.25, 0.3) is 11.0 Å². The van der Waals surface area contributed by atoms with E-state index in [1.54, 1.807) is 30.8 Å². The Kier molecular flexibility index (Phi) is 8.25. The molecular weight excluding hydrogens is 568 g/mol. The molecule has 2 heterocycles. The van der Waals surface area contributed by atoms with Gasteiger partial charge in [-0.15, -0.1) is 5.10 Å². The third-order valence-corrected chi connectivity index (χ3v) is 8.62. The van der Waals surface area contributed by atoms with Crippen LogP contribution in [0.2, 0.25) is 5.02 Å². The number of aromatic nitrogens is 3. The molecule has 0 N–H and O–H groups in total. The normalized spacial score (nSPS) is 15.2. The number of nitrogens with zero attached hydrogens (tertiary/aromatic N) is 4. The molecule has 1 saturated carbocycles. The smallest absolute Gasteiger partial charge is 0.306 e. The third-order valence-electron chi connectivity index (χ3n) is 8.30. The van der Waals surface area contributed by atoms with Crippen molar-refractivity contribution in [2.75, 3.05) is 26.9 Å². The summed E-state index contributed by atoms with van der Waals surface area (Å²) in [5, 5.41) is 8.86. The highest BCUT2D eigenvalue weighted by Crippen LogP contribution is 2.38. The molecule has 224 valence electrons. The molecule has 2 aliphatic rings. The maximum absolute atomic E-state index is 13.6. The number of rotatable bonds is 10. The van der Waals surface area contributed by atoms with Crippen molar-refractivity contribution in [1.82, 2.24) is 19.9 Å². The molecule has 0 spiro atoms. The van der Waals surface area contributed by atoms with Crippen LogP contribution < -0.4 is 9.47 Å². The second-order valence-corrected chi connectivity index (χ2v) is 11.6. The van der Waals surface area contributed by atoms with Crippen LogP contribution in [0, 0.1) is 5.92 Å². The summed E-state index contributed by atoms with van der Waals surface area (Å²) >= 11 is 6.56. The van der Waals surface area contributed by atoms with Crippen molar-refractivity contribution in [3.63, 3.8) is 0 Å². The maximum Gasteiger partial charge on any atom is 0.306 e. The molecule has 1 aromatic heterocycles. The molecule has 1 unspecified atom stereocenters. The summed E-state index contributed by atoms with van der Waals surface area (Å²) in [5.41, 5.74) is 6.02. The summed E-state index contributed by atoms with van der Waals surface area (Å²) in [4.78, 5) is 28.3. The first kappa shape index (κ1) is 29.0. The maximum atomic E-state index is 13.6. The van der Waals surface area contributed by atoms with Crippen molar-refractivity contribution in [2.24, 2.45) is 13.0 Å². The molecule has 10 heteroatoms. The van der Waals surface area contributed by atoms with E-state index in [2.05, 4.69) is 16.4 Å². The van der Waals surface area contributed by atoms with Gasteiger partial charge in [0, 0.05) is 26.1 Å². The molecule has 1 atom stereocenters. The molecule has 0 bridgehead atoms. The fraction of sp³-hybridized carbons (Fsp3) is 0.394. The number of benzene rings is 3. The van der Waals surface area contributed by atoms with Gasteiger partial charge in [-0.25, -0.2) is 4.68 Å². The van der Waals surface area contributed by atoms with E-state index in [4.69, 9.17) is 25.8 Å². The van der Waals surface area contributed by atoms with Crippen molar-refractivity contribution in [2.45, 2.75) is 45.1 Å². The largest absolute Gasteiger partial charge is 0.494 e. The quantitative estimate of drug-likeness (QED) is 0.215. The second kappa shape index (κ2) is 12.2. The van der Waals surface area contributed by atoms with E-state index < -0.39 is 0 Å². The van der Waals surface area contributed by atoms with Crippen LogP contribution in [-0.4, -0.2) is 58.6 Å². The van der Waals surface area contributed by atoms with Crippen LogP contribution in [-0.2, 0) is 29.5 Å². The number of carbonyl (C=O) groups is 2. The highest BCUT2D eigenvalue weighted by molar-refractivity contribution is 6.34. The van der Waals surface area contributed by atoms with Crippen LogP contribution in [0.1, 0.15) is 64.7 Å². The topological polar surface area (TPSA) is 95.8 Å². The number of aryl methyl sites for hydroxylation is 1. The fourth-order valence-electron chi connectivity index (χ4n) is 5.89. The summed E-state index contributed by atoms with van der Waals surface area (Å²) in [5.74, 6) is 1.26. The third kappa shape index (κ3) is 6.04. The van der Waals surface area contributed by atoms with Crippen molar-refractivity contribution in [1.29, 1.82) is 0 Å². The molecule has 0 radical (unpaired) electrons. The number of esters is 1. The average Bonchev–Trinajstić information content (AvgIpc) is 3.78. The Labute approximate surface area is 255 Å². The Morgan fingerprint density at radius 1 is 1.14 bits per heavy atom. The number of methoxy groups -OCH3 is 1. The molecule has 6 rings (SSSR count). The number of hydrogen-bond donors (Lipinski definition) is 0. The van der Waals surface area contributed by atoms with Crippen LogP contribution in [0.15, 0.2) is 48.5 Å². The van der Waals surface area contributed by atoms with Gasteiger partial charge in [-0.2, -0.15) is 0 Å². The highest BCUT2D eigenvalue weighted by atomic mass is 35.5. The van der Waals surface area contributed by atoms with Gasteiger partial charge in [-0.05, 0) is 84.7 Å². The second-order valence-electron chi connectivity index (χ2n) is 11.2. The Hall–Kier alpha value is -4.11. The minimum atomic E-state index is -0.297. The van der Waals surface area contributed by atoms with Crippen molar-refractivity contribution < 1.29 is 23.8 Å². The molecule has 4 aromatic rings. The first-order chi connectivity index (χ1) is 20.9. The van der Waals surface area contributed by atoms with Crippen LogP contribution in [0.5, 0.6) is 11.5 Å². The summed E-state index contributed by atoms with van der Waals surface area (Å²) in [6, 6.07) is 15.3. The van der Waals surface area contributed by atoms with Gasteiger partial charge in [0.05, 0.1) is 37.3 Å². The van der Waals surface area contributed by atoms with Gasteiger partial charge in [0.15, 0.2) is 0 Å². The van der Waals surface area contributed by atoms with E-state index in [0.29, 0.717) is 66.2 Å². The van der Waals surface area contributed by atoms with Crippen LogP contribution >= 0.6 is 11.6 Å². The lowest BCUT2D eigenvalue weighted by Gasteiger charge is -2.32. The summed E-state index contributed by atoms with van der Waals surface area (Å²) in [7, 11) is 3.43. The van der Waals surface area contributed by atoms with Gasteiger partial charge in [0.1, 0.15) is 22.5 Å². The number of halogens is 1. The SMILES string of the molecule is CCOC(=O)CC(c1cc(OC)c2c(c1)nnn2C)c1cccc2c1CCN(C(=O)c1ccc(OCC3CC3)cc1Cl)C2. The summed E-state index contributed by atoms with van der Waals surface area (Å²) in [6.07, 6.45) is 3.21. The Morgan fingerprint density at radius 2 is 1.98 bits per heavy atom. The average molecular weight is 603 g/mol. The number of carbonyl (C=O) groups excluding carboxylic acids is 2. The zero-order chi connectivity index (χ0) is 30.1. The van der Waals surface area contributed by atoms with Crippen LogP contribution in [0.3, 0.4) is 0 Å². The minimum Gasteiger partial charge on any atom is -0.494 e. The predicted molar refractivity (Wildman–Crippen MR) is 163 cm³/mol. The van der Waals surface area contributed by atoms with Crippen molar-refractivity contribution in [3.05, 3.63) is 81.4 Å². The van der Waals surface area contributed by atoms with E-state index in [1.807, 2.05) is 42.3 Å². The van der Waals surface area contributed by atoms with Gasteiger partial charge in [-0.3, -0.25) is 9.59 Å². The summed E-state index contributed by atoms with van der Waals surface area (Å²) in [6.45, 7) is 3.76. The molecule has 1 fully saturated rings. The Bertz CT molecular complexity index is 1680. The highest BCUT2D eigenvalue weighted by Gasteiger charge is 2.30. The lowest BCUT2D eigenvalue weighted by molar-refractivity contribution is -0.143. The minimum absolute atomic E-state index is 0.115. The summed E-state index contributed by atoms with van der Waals surface area (Å²) < 4.78 is 18.6. The zero-order valence-electron chi connectivity index (χ0n) is 24.6. The number of hydrogen-bond acceptors (Lipinski definition) is 7. The van der Waals surface area contributed by atoms with E-state index in [-0.39, 0.29) is 24.2 Å². The van der Waals surface area contributed by atoms with E-state index in [9.17, 15) is 9.59 Å². The fourth-order valence-corrected chi connectivity index (χ4v) is 6.14. The van der Waals surface area contributed by atoms with Gasteiger partial charge in [0.25, 0.3) is 5.91 Å². The van der Waals surface area contributed by atoms with Crippen LogP contribution in [0.4, 0.5) is 0 Å². The predicted octanol–water partition coefficient (Wildman–Crippen LogP) is 5.70. The number of amides is 1. The molecular formula is C33H35ClN4O5. The first-order valence-electron chi connectivity index (χ1n) is 14.7. The van der Waals surface area contributed by atoms with Crippen molar-refractivity contribution >= 4 is 34.5 Å². The van der Waals surface area contributed by atoms with Crippen molar-refractivity contribution in [3.8, 4) is 11.5 Å². The van der Waals surface area contributed by atoms with E-state index in [0.717, 1.165) is 27.8 Å². The first-order valence-corrected chi connectivity index (χ1v) is 15.1. The van der Waals surface area contributed by atoms with E-state index in [1.165, 1.54) is 12.8 Å². The molecule has 1 amide bonds. The molecule has 43 heavy (non-hydrogen) atoms. The van der Waals surface area contributed by atoms with E-state index >= 15 is 0 Å². The standard InChI is InChI=1S/C33H35ClN4O5/c1-4-42-31(39)17-27(22-14-29-32(30(15-22)41-3)37(2)36-35-29)25-7-5-6-21-18-38(13-12-24(21)25)33(40)26-11-10-23(16-28(26)34)43-19-20-8-9-20/h5-7,10-11,14-16,20,27H,4,8-9,12-13,17-19H2,1-3H3. The molecule has 1 aliphatic heterocycles. The molecule has 0 saturated heterocycles. The Balaban J connectivity index is 1.29. The lowest BCUT2D eigenvalue weighted by atomic mass is 9.82. The number of fused-ring (bicyclic) bond motifs is 2. The van der Waals surface area contributed by atoms with Gasteiger partial charge in [0.2, 0.25) is 0 Å². The molecule has 3 aromatic carbocycles. The van der Waals surface area contributed by atoms with Gasteiger partial charge < -0.3 is 19.1 Å². The Morgan fingerprint density at radius 3 is 2.72 bits per heavy atom. The lowest BCUT2D eigenvalue weighted by Crippen LogP contribution is -2.36. The number of ether oxygens (including phenoxy) is 3. The van der Waals surface area contributed by atoms with Gasteiger partial charge in [-0.1, -0.05) is 35.0 Å². The zero-order valence-corrected chi connectivity index (χ0v) is 25.4. The monoisotopic (exact) mass is 602 g/mol.